The maximum atomic E-state index is 11.7. The molecule has 2 rings (SSSR count). The van der Waals surface area contributed by atoms with Gasteiger partial charge in [0.25, 0.3) is 5.91 Å². The normalized spacial score (nSPS) is 10.2. The van der Waals surface area contributed by atoms with Crippen molar-refractivity contribution in [2.45, 2.75) is 13.3 Å². The first-order valence-electron chi connectivity index (χ1n) is 6.49. The number of aryl methyl sites for hydroxylation is 1. The molecule has 0 spiro atoms. The third kappa shape index (κ3) is 3.92. The van der Waals surface area contributed by atoms with E-state index < -0.39 is 0 Å². The number of benzene rings is 1. The van der Waals surface area contributed by atoms with Crippen LogP contribution >= 0.6 is 0 Å². The standard InChI is InChI=1S/C15H16N2O4/c1-10-9-13(21-17-10)14(18)16-8-7-11-3-5-12(6-4-11)15(19)20-2/h3-6,9H,7-8H2,1-2H3,(H,16,18). The average Bonchev–Trinajstić information content (AvgIpc) is 2.94. The molecule has 6 heteroatoms. The molecule has 0 saturated heterocycles. The zero-order chi connectivity index (χ0) is 15.2. The van der Waals surface area contributed by atoms with Gasteiger partial charge in [-0.25, -0.2) is 4.79 Å². The van der Waals surface area contributed by atoms with Crippen LogP contribution in [0.2, 0.25) is 0 Å². The molecule has 1 amide bonds. The number of nitrogens with zero attached hydrogens (tertiary/aromatic N) is 1. The highest BCUT2D eigenvalue weighted by Crippen LogP contribution is 2.06. The molecule has 0 aliphatic heterocycles. The quantitative estimate of drug-likeness (QED) is 0.847. The van der Waals surface area contributed by atoms with Crippen molar-refractivity contribution < 1.29 is 18.8 Å². The van der Waals surface area contributed by atoms with Gasteiger partial charge in [0, 0.05) is 12.6 Å². The summed E-state index contributed by atoms with van der Waals surface area (Å²) in [6, 6.07) is 8.64. The Morgan fingerprint density at radius 2 is 2.00 bits per heavy atom. The van der Waals surface area contributed by atoms with Crippen LogP contribution in [-0.2, 0) is 11.2 Å². The molecule has 1 heterocycles. The molecule has 0 aliphatic carbocycles. The summed E-state index contributed by atoms with van der Waals surface area (Å²) in [7, 11) is 1.34. The molecule has 0 radical (unpaired) electrons. The van der Waals surface area contributed by atoms with Gasteiger partial charge in [-0.15, -0.1) is 0 Å². The van der Waals surface area contributed by atoms with Crippen molar-refractivity contribution in [3.8, 4) is 0 Å². The van der Waals surface area contributed by atoms with E-state index in [1.807, 2.05) is 12.1 Å². The summed E-state index contributed by atoms with van der Waals surface area (Å²) in [5.41, 5.74) is 2.18. The molecular weight excluding hydrogens is 272 g/mol. The molecule has 0 aliphatic rings. The van der Waals surface area contributed by atoms with E-state index in [4.69, 9.17) is 4.52 Å². The van der Waals surface area contributed by atoms with Crippen LogP contribution in [-0.4, -0.2) is 30.7 Å². The molecule has 0 unspecified atom stereocenters. The van der Waals surface area contributed by atoms with Crippen LogP contribution in [0.4, 0.5) is 0 Å². The Bertz CT molecular complexity index is 631. The Kier molecular flexibility index (Phi) is 4.71. The second-order valence-corrected chi connectivity index (χ2v) is 4.53. The highest BCUT2D eigenvalue weighted by molar-refractivity contribution is 5.91. The Morgan fingerprint density at radius 1 is 1.29 bits per heavy atom. The fourth-order valence-electron chi connectivity index (χ4n) is 1.80. The highest BCUT2D eigenvalue weighted by Gasteiger charge is 2.10. The number of methoxy groups -OCH3 is 1. The number of nitrogens with one attached hydrogen (secondary N) is 1. The molecule has 1 aromatic heterocycles. The van der Waals surface area contributed by atoms with E-state index in [-0.39, 0.29) is 17.6 Å². The summed E-state index contributed by atoms with van der Waals surface area (Å²) >= 11 is 0. The molecule has 0 fully saturated rings. The number of esters is 1. The Hall–Kier alpha value is -2.63. The van der Waals surface area contributed by atoms with Crippen LogP contribution < -0.4 is 5.32 Å². The number of rotatable bonds is 5. The Balaban J connectivity index is 1.83. The van der Waals surface area contributed by atoms with Crippen molar-refractivity contribution >= 4 is 11.9 Å². The molecule has 1 aromatic carbocycles. The third-order valence-electron chi connectivity index (χ3n) is 2.93. The third-order valence-corrected chi connectivity index (χ3v) is 2.93. The number of aromatic nitrogens is 1. The van der Waals surface area contributed by atoms with Crippen LogP contribution in [0.5, 0.6) is 0 Å². The molecule has 6 nitrogen and oxygen atoms in total. The second kappa shape index (κ2) is 6.69. The lowest BCUT2D eigenvalue weighted by Crippen LogP contribution is -2.25. The van der Waals surface area contributed by atoms with Gasteiger partial charge >= 0.3 is 5.97 Å². The van der Waals surface area contributed by atoms with Crippen LogP contribution in [0.25, 0.3) is 0 Å². The zero-order valence-electron chi connectivity index (χ0n) is 11.9. The summed E-state index contributed by atoms with van der Waals surface area (Å²) in [5.74, 6) is -0.453. The monoisotopic (exact) mass is 288 g/mol. The Labute approximate surface area is 122 Å². The number of amides is 1. The maximum absolute atomic E-state index is 11.7. The minimum atomic E-state index is -0.365. The maximum Gasteiger partial charge on any atom is 0.337 e. The van der Waals surface area contributed by atoms with Crippen LogP contribution in [0, 0.1) is 6.92 Å². The second-order valence-electron chi connectivity index (χ2n) is 4.53. The van der Waals surface area contributed by atoms with Crippen molar-refractivity contribution in [2.75, 3.05) is 13.7 Å². The molecule has 21 heavy (non-hydrogen) atoms. The number of hydrogen-bond donors (Lipinski definition) is 1. The highest BCUT2D eigenvalue weighted by atomic mass is 16.5. The lowest BCUT2D eigenvalue weighted by Gasteiger charge is -2.04. The fourth-order valence-corrected chi connectivity index (χ4v) is 1.80. The summed E-state index contributed by atoms with van der Waals surface area (Å²) in [4.78, 5) is 23.0. The van der Waals surface area contributed by atoms with Crippen molar-refractivity contribution in [1.82, 2.24) is 10.5 Å². The topological polar surface area (TPSA) is 81.4 Å². The van der Waals surface area contributed by atoms with Gasteiger partial charge < -0.3 is 14.6 Å². The molecule has 110 valence electrons. The largest absolute Gasteiger partial charge is 0.465 e. The van der Waals surface area contributed by atoms with E-state index in [1.165, 1.54) is 7.11 Å². The molecular formula is C15H16N2O4. The van der Waals surface area contributed by atoms with Crippen molar-refractivity contribution in [3.05, 3.63) is 52.9 Å². The van der Waals surface area contributed by atoms with E-state index in [1.54, 1.807) is 25.1 Å². The molecule has 0 saturated carbocycles. The molecule has 0 bridgehead atoms. The van der Waals surface area contributed by atoms with Crippen LogP contribution in [0.15, 0.2) is 34.9 Å². The first kappa shape index (κ1) is 14.8. The average molecular weight is 288 g/mol. The SMILES string of the molecule is COC(=O)c1ccc(CCNC(=O)c2cc(C)no2)cc1. The van der Waals surface area contributed by atoms with E-state index >= 15 is 0 Å². The fraction of sp³-hybridized carbons (Fsp3) is 0.267. The van der Waals surface area contributed by atoms with E-state index in [9.17, 15) is 9.59 Å². The lowest BCUT2D eigenvalue weighted by atomic mass is 10.1. The summed E-state index contributed by atoms with van der Waals surface area (Å²) < 4.78 is 9.50. The lowest BCUT2D eigenvalue weighted by molar-refractivity contribution is 0.0600. The number of ether oxygens (including phenoxy) is 1. The first-order valence-corrected chi connectivity index (χ1v) is 6.49. The van der Waals surface area contributed by atoms with Crippen LogP contribution in [0.1, 0.15) is 32.2 Å². The molecule has 2 aromatic rings. The van der Waals surface area contributed by atoms with E-state index in [0.29, 0.717) is 24.2 Å². The van der Waals surface area contributed by atoms with Crippen molar-refractivity contribution in [2.24, 2.45) is 0 Å². The van der Waals surface area contributed by atoms with Gasteiger partial charge in [0.05, 0.1) is 18.4 Å². The van der Waals surface area contributed by atoms with Crippen molar-refractivity contribution in [1.29, 1.82) is 0 Å². The molecule has 1 N–H and O–H groups in total. The number of carbonyl (C=O) groups is 2. The van der Waals surface area contributed by atoms with Gasteiger partial charge in [0.1, 0.15) is 0 Å². The summed E-state index contributed by atoms with van der Waals surface area (Å²) in [5, 5.41) is 6.40. The summed E-state index contributed by atoms with van der Waals surface area (Å²) in [6.45, 7) is 2.22. The van der Waals surface area contributed by atoms with E-state index in [0.717, 1.165) is 5.56 Å². The van der Waals surface area contributed by atoms with E-state index in [2.05, 4.69) is 15.2 Å². The van der Waals surface area contributed by atoms with Crippen LogP contribution in [0.3, 0.4) is 0 Å². The predicted octanol–water partition coefficient (Wildman–Crippen LogP) is 1.74. The van der Waals surface area contributed by atoms with Gasteiger partial charge in [-0.2, -0.15) is 0 Å². The zero-order valence-corrected chi connectivity index (χ0v) is 11.9. The number of hydrogen-bond acceptors (Lipinski definition) is 5. The van der Waals surface area contributed by atoms with Gasteiger partial charge in [-0.3, -0.25) is 4.79 Å². The first-order chi connectivity index (χ1) is 10.1. The smallest absolute Gasteiger partial charge is 0.337 e. The summed E-state index contributed by atoms with van der Waals surface area (Å²) in [6.07, 6.45) is 0.653. The predicted molar refractivity (Wildman–Crippen MR) is 75.1 cm³/mol. The van der Waals surface area contributed by atoms with Gasteiger partial charge in [0.15, 0.2) is 0 Å². The molecule has 0 atom stereocenters. The minimum absolute atomic E-state index is 0.202. The van der Waals surface area contributed by atoms with Gasteiger partial charge in [-0.05, 0) is 31.0 Å². The number of carbonyl (C=O) groups excluding carboxylic acids is 2. The van der Waals surface area contributed by atoms with Gasteiger partial charge in [-0.1, -0.05) is 17.3 Å². The Morgan fingerprint density at radius 3 is 2.57 bits per heavy atom. The van der Waals surface area contributed by atoms with Gasteiger partial charge in [0.2, 0.25) is 5.76 Å². The minimum Gasteiger partial charge on any atom is -0.465 e. The van der Waals surface area contributed by atoms with Crippen molar-refractivity contribution in [3.63, 3.8) is 0 Å².